The molecule has 1 atom stereocenters. The van der Waals surface area contributed by atoms with Gasteiger partial charge < -0.3 is 11.1 Å². The predicted octanol–water partition coefficient (Wildman–Crippen LogP) is 4.13. The molecule has 112 valence electrons. The van der Waals surface area contributed by atoms with Crippen molar-refractivity contribution in [2.24, 2.45) is 5.92 Å². The van der Waals surface area contributed by atoms with Gasteiger partial charge in [0, 0.05) is 4.88 Å². The van der Waals surface area contributed by atoms with E-state index in [0.29, 0.717) is 11.4 Å². The SMILES string of the molecule is CC1CCc2sc(C(=O)Nc3ccccc3N)cc2C1.Cl. The fourth-order valence-electron chi connectivity index (χ4n) is 2.61. The molecular weight excluding hydrogens is 304 g/mol. The first-order valence-corrected chi connectivity index (χ1v) is 7.72. The second kappa shape index (κ2) is 6.50. The second-order valence-corrected chi connectivity index (χ2v) is 6.59. The molecule has 0 bridgehead atoms. The number of nitrogens with one attached hydrogen (secondary N) is 1. The van der Waals surface area contributed by atoms with E-state index in [4.69, 9.17) is 5.73 Å². The van der Waals surface area contributed by atoms with Gasteiger partial charge in [-0.15, -0.1) is 23.7 Å². The summed E-state index contributed by atoms with van der Waals surface area (Å²) in [7, 11) is 0. The van der Waals surface area contributed by atoms with Gasteiger partial charge in [0.15, 0.2) is 0 Å². The largest absolute Gasteiger partial charge is 0.397 e. The van der Waals surface area contributed by atoms with Crippen LogP contribution in [-0.2, 0) is 12.8 Å². The number of nitrogen functional groups attached to an aromatic ring is 1. The van der Waals surface area contributed by atoms with Gasteiger partial charge in [0.1, 0.15) is 0 Å². The summed E-state index contributed by atoms with van der Waals surface area (Å²) in [4.78, 5) is 14.5. The number of hydrogen-bond donors (Lipinski definition) is 2. The maximum Gasteiger partial charge on any atom is 0.265 e. The molecule has 0 fully saturated rings. The zero-order valence-corrected chi connectivity index (χ0v) is 13.5. The highest BCUT2D eigenvalue weighted by molar-refractivity contribution is 7.14. The number of hydrogen-bond acceptors (Lipinski definition) is 3. The van der Waals surface area contributed by atoms with Gasteiger partial charge in [-0.1, -0.05) is 19.1 Å². The highest BCUT2D eigenvalue weighted by Gasteiger charge is 2.20. The maximum absolute atomic E-state index is 12.3. The molecule has 1 aliphatic carbocycles. The lowest BCUT2D eigenvalue weighted by Gasteiger charge is -2.16. The minimum Gasteiger partial charge on any atom is -0.397 e. The third-order valence-electron chi connectivity index (χ3n) is 3.76. The van der Waals surface area contributed by atoms with Gasteiger partial charge in [0.05, 0.1) is 16.3 Å². The van der Waals surface area contributed by atoms with E-state index in [0.717, 1.165) is 23.6 Å². The minimum absolute atomic E-state index is 0. The molecule has 21 heavy (non-hydrogen) atoms. The number of rotatable bonds is 2. The molecule has 1 amide bonds. The van der Waals surface area contributed by atoms with Gasteiger partial charge in [-0.25, -0.2) is 0 Å². The number of carbonyl (C=O) groups excluding carboxylic acids is 1. The molecular formula is C16H19ClN2OS. The Morgan fingerprint density at radius 1 is 1.38 bits per heavy atom. The topological polar surface area (TPSA) is 55.1 Å². The van der Waals surface area contributed by atoms with Crippen LogP contribution in [0, 0.1) is 5.92 Å². The number of carbonyl (C=O) groups is 1. The lowest BCUT2D eigenvalue weighted by atomic mass is 9.90. The molecule has 1 aliphatic rings. The molecule has 2 aromatic rings. The summed E-state index contributed by atoms with van der Waals surface area (Å²) in [5, 5.41) is 2.89. The summed E-state index contributed by atoms with van der Waals surface area (Å²) >= 11 is 1.62. The third kappa shape index (κ3) is 3.39. The average Bonchev–Trinajstić information content (AvgIpc) is 2.84. The van der Waals surface area contributed by atoms with E-state index in [2.05, 4.69) is 12.2 Å². The summed E-state index contributed by atoms with van der Waals surface area (Å²) < 4.78 is 0. The monoisotopic (exact) mass is 322 g/mol. The molecule has 3 rings (SSSR count). The highest BCUT2D eigenvalue weighted by Crippen LogP contribution is 2.32. The summed E-state index contributed by atoms with van der Waals surface area (Å²) in [6, 6.07) is 9.38. The molecule has 1 aromatic carbocycles. The van der Waals surface area contributed by atoms with Crippen molar-refractivity contribution in [3.8, 4) is 0 Å². The van der Waals surface area contributed by atoms with E-state index in [1.165, 1.54) is 16.9 Å². The Morgan fingerprint density at radius 3 is 2.90 bits per heavy atom. The lowest BCUT2D eigenvalue weighted by molar-refractivity contribution is 0.103. The number of thiophene rings is 1. The molecule has 3 N–H and O–H groups in total. The van der Waals surface area contributed by atoms with Crippen LogP contribution < -0.4 is 11.1 Å². The summed E-state index contributed by atoms with van der Waals surface area (Å²) in [6.07, 6.45) is 3.41. The molecule has 1 unspecified atom stereocenters. The van der Waals surface area contributed by atoms with Crippen LogP contribution in [0.3, 0.4) is 0 Å². The first-order chi connectivity index (χ1) is 9.63. The van der Waals surface area contributed by atoms with Crippen molar-refractivity contribution >= 4 is 41.0 Å². The van der Waals surface area contributed by atoms with Crippen LogP contribution in [0.4, 0.5) is 11.4 Å². The van der Waals surface area contributed by atoms with Gasteiger partial charge in [0.2, 0.25) is 0 Å². The van der Waals surface area contributed by atoms with Crippen molar-refractivity contribution in [2.45, 2.75) is 26.2 Å². The van der Waals surface area contributed by atoms with E-state index < -0.39 is 0 Å². The van der Waals surface area contributed by atoms with Crippen LogP contribution in [0.15, 0.2) is 30.3 Å². The summed E-state index contributed by atoms with van der Waals surface area (Å²) in [5.74, 6) is 0.660. The van der Waals surface area contributed by atoms with Crippen molar-refractivity contribution in [3.63, 3.8) is 0 Å². The van der Waals surface area contributed by atoms with Crippen molar-refractivity contribution in [3.05, 3.63) is 45.6 Å². The zero-order valence-electron chi connectivity index (χ0n) is 11.9. The number of fused-ring (bicyclic) bond motifs is 1. The van der Waals surface area contributed by atoms with Crippen LogP contribution in [0.1, 0.15) is 33.5 Å². The Kier molecular flexibility index (Phi) is 4.91. The van der Waals surface area contributed by atoms with Crippen molar-refractivity contribution in [2.75, 3.05) is 11.1 Å². The first kappa shape index (κ1) is 15.9. The van der Waals surface area contributed by atoms with E-state index in [1.807, 2.05) is 24.3 Å². The zero-order chi connectivity index (χ0) is 14.1. The average molecular weight is 323 g/mol. The van der Waals surface area contributed by atoms with Gasteiger partial charge in [-0.3, -0.25) is 4.79 Å². The van der Waals surface area contributed by atoms with Crippen molar-refractivity contribution in [1.82, 2.24) is 0 Å². The number of aryl methyl sites for hydroxylation is 1. The third-order valence-corrected chi connectivity index (χ3v) is 5.00. The van der Waals surface area contributed by atoms with Crippen LogP contribution in [-0.4, -0.2) is 5.91 Å². The lowest BCUT2D eigenvalue weighted by Crippen LogP contribution is -2.11. The Balaban J connectivity index is 0.00000161. The number of anilines is 2. The van der Waals surface area contributed by atoms with Crippen LogP contribution in [0.5, 0.6) is 0 Å². The van der Waals surface area contributed by atoms with Gasteiger partial charge in [-0.2, -0.15) is 0 Å². The molecule has 3 nitrogen and oxygen atoms in total. The van der Waals surface area contributed by atoms with E-state index in [-0.39, 0.29) is 18.3 Å². The van der Waals surface area contributed by atoms with E-state index in [1.54, 1.807) is 17.4 Å². The minimum atomic E-state index is -0.0602. The van der Waals surface area contributed by atoms with Crippen LogP contribution >= 0.6 is 23.7 Å². The Labute approximate surface area is 135 Å². The quantitative estimate of drug-likeness (QED) is 0.817. The smallest absolute Gasteiger partial charge is 0.265 e. The molecule has 0 aliphatic heterocycles. The molecule has 1 heterocycles. The van der Waals surface area contributed by atoms with Gasteiger partial charge >= 0.3 is 0 Å². The molecule has 0 spiro atoms. The van der Waals surface area contributed by atoms with E-state index >= 15 is 0 Å². The second-order valence-electron chi connectivity index (χ2n) is 5.45. The molecule has 5 heteroatoms. The molecule has 0 saturated heterocycles. The van der Waals surface area contributed by atoms with Gasteiger partial charge in [-0.05, 0) is 48.9 Å². The number of benzene rings is 1. The molecule has 1 aromatic heterocycles. The fraction of sp³-hybridized carbons (Fsp3) is 0.312. The van der Waals surface area contributed by atoms with Crippen LogP contribution in [0.2, 0.25) is 0 Å². The fourth-order valence-corrected chi connectivity index (χ4v) is 3.72. The normalized spacial score (nSPS) is 16.7. The van der Waals surface area contributed by atoms with Crippen molar-refractivity contribution < 1.29 is 4.79 Å². The van der Waals surface area contributed by atoms with Crippen LogP contribution in [0.25, 0.3) is 0 Å². The van der Waals surface area contributed by atoms with Crippen molar-refractivity contribution in [1.29, 1.82) is 0 Å². The Morgan fingerprint density at radius 2 is 2.14 bits per heavy atom. The predicted molar refractivity (Wildman–Crippen MR) is 91.6 cm³/mol. The molecule has 0 radical (unpaired) electrons. The highest BCUT2D eigenvalue weighted by atomic mass is 35.5. The van der Waals surface area contributed by atoms with Gasteiger partial charge in [0.25, 0.3) is 5.91 Å². The standard InChI is InChI=1S/C16H18N2OS.ClH/c1-10-6-7-14-11(8-10)9-15(20-14)16(19)18-13-5-3-2-4-12(13)17;/h2-5,9-10H,6-8,17H2,1H3,(H,18,19);1H. The number of amides is 1. The summed E-state index contributed by atoms with van der Waals surface area (Å²) in [5.41, 5.74) is 8.47. The first-order valence-electron chi connectivity index (χ1n) is 6.91. The number of nitrogens with two attached hydrogens (primary N) is 1. The van der Waals surface area contributed by atoms with E-state index in [9.17, 15) is 4.79 Å². The molecule has 0 saturated carbocycles. The summed E-state index contributed by atoms with van der Waals surface area (Å²) in [6.45, 7) is 2.27. The Bertz CT molecular complexity index is 653. The Hall–Kier alpha value is -1.52. The maximum atomic E-state index is 12.3. The number of para-hydroxylation sites is 2. The number of halogens is 1.